The van der Waals surface area contributed by atoms with E-state index in [1.165, 1.54) is 12.1 Å². The summed E-state index contributed by atoms with van der Waals surface area (Å²) >= 11 is 0. The molecule has 1 aliphatic rings. The van der Waals surface area contributed by atoms with Crippen molar-refractivity contribution in [3.05, 3.63) is 113 Å². The molecule has 1 aliphatic carbocycles. The molecule has 0 bridgehead atoms. The van der Waals surface area contributed by atoms with Crippen molar-refractivity contribution >= 4 is 22.1 Å². The summed E-state index contributed by atoms with van der Waals surface area (Å²) in [6.45, 7) is 1.85. The summed E-state index contributed by atoms with van der Waals surface area (Å²) in [4.78, 5) is 21.1. The SMILES string of the molecule is Cc1ccc(S(=O)(=O)n2nc(C(=O)O)c3c2CC(c2ccccn2)(c2ccccn2)C=C3)cc1. The second-order valence-corrected chi connectivity index (χ2v) is 9.85. The number of aryl methyl sites for hydroxylation is 1. The zero-order valence-corrected chi connectivity index (χ0v) is 19.0. The van der Waals surface area contributed by atoms with Gasteiger partial charge in [0.05, 0.1) is 27.4 Å². The number of carboxylic acid groups (broad SMARTS) is 1. The molecular formula is C25H20N4O4S. The van der Waals surface area contributed by atoms with Gasteiger partial charge in [0.25, 0.3) is 10.0 Å². The molecule has 0 fully saturated rings. The third-order valence-corrected chi connectivity index (χ3v) is 7.59. The van der Waals surface area contributed by atoms with Crippen molar-refractivity contribution in [1.82, 2.24) is 19.2 Å². The highest BCUT2D eigenvalue weighted by atomic mass is 32.2. The van der Waals surface area contributed by atoms with Gasteiger partial charge < -0.3 is 5.11 Å². The number of fused-ring (bicyclic) bond motifs is 1. The molecule has 34 heavy (non-hydrogen) atoms. The molecule has 4 aromatic rings. The molecule has 0 aliphatic heterocycles. The van der Waals surface area contributed by atoms with E-state index in [1.807, 2.05) is 37.3 Å². The van der Waals surface area contributed by atoms with E-state index in [0.29, 0.717) is 11.4 Å². The lowest BCUT2D eigenvalue weighted by Crippen LogP contribution is -2.34. The van der Waals surface area contributed by atoms with Crippen molar-refractivity contribution in [3.8, 4) is 0 Å². The molecular weight excluding hydrogens is 452 g/mol. The highest BCUT2D eigenvalue weighted by Crippen LogP contribution is 2.41. The van der Waals surface area contributed by atoms with Crippen molar-refractivity contribution in [3.63, 3.8) is 0 Å². The Hall–Kier alpha value is -4.11. The smallest absolute Gasteiger partial charge is 0.357 e. The van der Waals surface area contributed by atoms with Crippen molar-refractivity contribution < 1.29 is 18.3 Å². The molecule has 0 spiro atoms. The number of nitrogens with zero attached hydrogens (tertiary/aromatic N) is 4. The average molecular weight is 473 g/mol. The first-order chi connectivity index (χ1) is 16.3. The van der Waals surface area contributed by atoms with Crippen LogP contribution < -0.4 is 0 Å². The number of pyridine rings is 2. The molecule has 3 aromatic heterocycles. The van der Waals surface area contributed by atoms with Gasteiger partial charge in [-0.2, -0.15) is 12.5 Å². The van der Waals surface area contributed by atoms with Crippen molar-refractivity contribution in [2.24, 2.45) is 0 Å². The van der Waals surface area contributed by atoms with Gasteiger partial charge in [0.2, 0.25) is 0 Å². The zero-order chi connectivity index (χ0) is 23.9. The summed E-state index contributed by atoms with van der Waals surface area (Å²) < 4.78 is 28.0. The normalized spacial score (nSPS) is 14.5. The quantitative estimate of drug-likeness (QED) is 0.473. The van der Waals surface area contributed by atoms with E-state index in [2.05, 4.69) is 15.1 Å². The van der Waals surface area contributed by atoms with Crippen LogP contribution in [0.15, 0.2) is 84.0 Å². The van der Waals surface area contributed by atoms with E-state index in [1.54, 1.807) is 42.7 Å². The third kappa shape index (κ3) is 3.41. The van der Waals surface area contributed by atoms with Gasteiger partial charge in [-0.15, -0.1) is 5.10 Å². The molecule has 5 rings (SSSR count). The third-order valence-electron chi connectivity index (χ3n) is 5.96. The monoisotopic (exact) mass is 472 g/mol. The minimum atomic E-state index is -4.16. The number of aromatic carboxylic acids is 1. The molecule has 0 saturated carbocycles. The van der Waals surface area contributed by atoms with E-state index in [9.17, 15) is 18.3 Å². The summed E-state index contributed by atoms with van der Waals surface area (Å²) in [7, 11) is -4.16. The van der Waals surface area contributed by atoms with E-state index >= 15 is 0 Å². The number of aromatic nitrogens is 4. The molecule has 1 N–H and O–H groups in total. The molecule has 9 heteroatoms. The molecule has 0 radical (unpaired) electrons. The molecule has 0 atom stereocenters. The molecule has 8 nitrogen and oxygen atoms in total. The van der Waals surface area contributed by atoms with Crippen molar-refractivity contribution in [2.45, 2.75) is 23.7 Å². The van der Waals surface area contributed by atoms with Crippen molar-refractivity contribution in [1.29, 1.82) is 0 Å². The van der Waals surface area contributed by atoms with Crippen LogP contribution in [0.3, 0.4) is 0 Å². The highest BCUT2D eigenvalue weighted by Gasteiger charge is 2.42. The molecule has 0 unspecified atom stereocenters. The maximum Gasteiger partial charge on any atom is 0.357 e. The Morgan fingerprint density at radius 1 is 0.971 bits per heavy atom. The number of benzene rings is 1. The van der Waals surface area contributed by atoms with Gasteiger partial charge in [0.15, 0.2) is 5.69 Å². The Balaban J connectivity index is 1.76. The first kappa shape index (κ1) is 21.7. The largest absolute Gasteiger partial charge is 0.476 e. The second-order valence-electron chi connectivity index (χ2n) is 8.09. The van der Waals surface area contributed by atoms with Gasteiger partial charge in [0, 0.05) is 24.4 Å². The summed E-state index contributed by atoms with van der Waals surface area (Å²) in [6.07, 6.45) is 6.87. The zero-order valence-electron chi connectivity index (χ0n) is 18.2. The molecule has 0 amide bonds. The van der Waals surface area contributed by atoms with E-state index in [4.69, 9.17) is 0 Å². The number of carbonyl (C=O) groups is 1. The van der Waals surface area contributed by atoms with Gasteiger partial charge in [-0.3, -0.25) is 9.97 Å². The predicted octanol–water partition coefficient (Wildman–Crippen LogP) is 3.47. The van der Waals surface area contributed by atoms with E-state index in [-0.39, 0.29) is 28.3 Å². The van der Waals surface area contributed by atoms with Crippen LogP contribution in [-0.2, 0) is 21.9 Å². The van der Waals surface area contributed by atoms with Crippen LogP contribution in [0.25, 0.3) is 6.08 Å². The van der Waals surface area contributed by atoms with Gasteiger partial charge in [0.1, 0.15) is 0 Å². The van der Waals surface area contributed by atoms with Crippen LogP contribution in [0.1, 0.15) is 38.7 Å². The Bertz CT molecular complexity index is 1470. The number of rotatable bonds is 5. The summed E-state index contributed by atoms with van der Waals surface area (Å²) in [5.74, 6) is -1.30. The molecule has 3 heterocycles. The summed E-state index contributed by atoms with van der Waals surface area (Å²) in [6, 6.07) is 17.3. The predicted molar refractivity (Wildman–Crippen MR) is 125 cm³/mol. The van der Waals surface area contributed by atoms with E-state index < -0.39 is 21.4 Å². The first-order valence-corrected chi connectivity index (χ1v) is 12.0. The van der Waals surface area contributed by atoms with Crippen LogP contribution in [0.2, 0.25) is 0 Å². The minimum absolute atomic E-state index is 0.0242. The average Bonchev–Trinajstić information content (AvgIpc) is 3.25. The van der Waals surface area contributed by atoms with Crippen molar-refractivity contribution in [2.75, 3.05) is 0 Å². The first-order valence-electron chi connectivity index (χ1n) is 10.5. The Morgan fingerprint density at radius 3 is 2.12 bits per heavy atom. The summed E-state index contributed by atoms with van der Waals surface area (Å²) in [5, 5.41) is 13.8. The van der Waals surface area contributed by atoms with Gasteiger partial charge in [-0.1, -0.05) is 42.0 Å². The van der Waals surface area contributed by atoms with Crippen LogP contribution in [-0.4, -0.2) is 38.6 Å². The van der Waals surface area contributed by atoms with Gasteiger partial charge in [-0.05, 0) is 43.3 Å². The topological polar surface area (TPSA) is 115 Å². The van der Waals surface area contributed by atoms with Crippen LogP contribution in [0.5, 0.6) is 0 Å². The lowest BCUT2D eigenvalue weighted by atomic mass is 9.72. The maximum atomic E-state index is 13.6. The number of hydrogen-bond donors (Lipinski definition) is 1. The summed E-state index contributed by atoms with van der Waals surface area (Å²) in [5.41, 5.74) is 1.51. The number of hydrogen-bond acceptors (Lipinski definition) is 6. The Kier molecular flexibility index (Phi) is 5.13. The minimum Gasteiger partial charge on any atom is -0.476 e. The maximum absolute atomic E-state index is 13.6. The van der Waals surface area contributed by atoms with Crippen LogP contribution in [0.4, 0.5) is 0 Å². The lowest BCUT2D eigenvalue weighted by molar-refractivity contribution is 0.0690. The van der Waals surface area contributed by atoms with Crippen LogP contribution >= 0.6 is 0 Å². The Labute approximate surface area is 196 Å². The fourth-order valence-corrected chi connectivity index (χ4v) is 5.56. The lowest BCUT2D eigenvalue weighted by Gasteiger charge is -2.32. The second kappa shape index (κ2) is 8.03. The fourth-order valence-electron chi connectivity index (χ4n) is 4.23. The van der Waals surface area contributed by atoms with Crippen LogP contribution in [0, 0.1) is 6.92 Å². The molecule has 0 saturated heterocycles. The number of allylic oxidation sites excluding steroid dienone is 1. The van der Waals surface area contributed by atoms with E-state index in [0.717, 1.165) is 9.65 Å². The standard InChI is InChI=1S/C25H20N4O4S/c1-17-8-10-18(11-9-17)34(32,33)29-20-16-25(21-6-2-4-14-26-21,22-7-3-5-15-27-22)13-12-19(20)23(28-29)24(30)31/h2-15H,16H2,1H3,(H,30,31). The van der Waals surface area contributed by atoms with Gasteiger partial charge in [-0.25, -0.2) is 4.79 Å². The Morgan fingerprint density at radius 2 is 1.59 bits per heavy atom. The highest BCUT2D eigenvalue weighted by molar-refractivity contribution is 7.89. The molecule has 1 aromatic carbocycles. The van der Waals surface area contributed by atoms with Gasteiger partial charge >= 0.3 is 5.97 Å². The number of carboxylic acids is 1. The molecule has 170 valence electrons. The fraction of sp³-hybridized carbons (Fsp3) is 0.120.